The molecule has 26 heavy (non-hydrogen) atoms. The summed E-state index contributed by atoms with van der Waals surface area (Å²) in [5.41, 5.74) is 1.23. The van der Waals surface area contributed by atoms with Gasteiger partial charge in [-0.1, -0.05) is 6.07 Å². The summed E-state index contributed by atoms with van der Waals surface area (Å²) in [6.45, 7) is 1.79. The predicted molar refractivity (Wildman–Crippen MR) is 105 cm³/mol. The number of hydrogen-bond donors (Lipinski definition) is 0. The first-order chi connectivity index (χ1) is 12.5. The standard InChI is InChI=1S/C21H27N3OS/c1-23(2)21(18-4-3-15-26-18)9-7-20(8-10-21)11-14-24(16-20)19(25)17-5-12-22-13-6-17/h3-6,12-13,15H,7-11,14,16H2,1-2H3. The van der Waals surface area contributed by atoms with Gasteiger partial charge in [0.2, 0.25) is 0 Å². The fourth-order valence-electron chi connectivity index (χ4n) is 4.84. The number of rotatable bonds is 3. The van der Waals surface area contributed by atoms with Crippen molar-refractivity contribution in [3.8, 4) is 0 Å². The Kier molecular flexibility index (Phi) is 4.61. The van der Waals surface area contributed by atoms with Gasteiger partial charge in [0, 0.05) is 35.9 Å². The van der Waals surface area contributed by atoms with Crippen LogP contribution in [0.4, 0.5) is 0 Å². The molecule has 138 valence electrons. The highest BCUT2D eigenvalue weighted by Crippen LogP contribution is 2.52. The Morgan fingerprint density at radius 1 is 1.12 bits per heavy atom. The number of pyridine rings is 1. The second kappa shape index (κ2) is 6.78. The van der Waals surface area contributed by atoms with E-state index in [0.717, 1.165) is 25.1 Å². The van der Waals surface area contributed by atoms with Crippen LogP contribution in [-0.2, 0) is 5.54 Å². The lowest BCUT2D eigenvalue weighted by Gasteiger charge is -2.48. The molecule has 0 bridgehead atoms. The number of hydrogen-bond acceptors (Lipinski definition) is 4. The van der Waals surface area contributed by atoms with Gasteiger partial charge in [0.05, 0.1) is 5.54 Å². The summed E-state index contributed by atoms with van der Waals surface area (Å²) in [6, 6.07) is 8.10. The molecule has 2 aliphatic rings. The average molecular weight is 370 g/mol. The first kappa shape index (κ1) is 17.7. The van der Waals surface area contributed by atoms with Crippen molar-refractivity contribution in [1.29, 1.82) is 0 Å². The number of nitrogens with zero attached hydrogens (tertiary/aromatic N) is 3. The molecule has 0 N–H and O–H groups in total. The van der Waals surface area contributed by atoms with Crippen LogP contribution in [0.25, 0.3) is 0 Å². The monoisotopic (exact) mass is 369 g/mol. The normalized spacial score (nSPS) is 28.8. The van der Waals surface area contributed by atoms with Gasteiger partial charge >= 0.3 is 0 Å². The van der Waals surface area contributed by atoms with Crippen molar-refractivity contribution in [2.45, 2.75) is 37.6 Å². The Morgan fingerprint density at radius 3 is 2.46 bits per heavy atom. The van der Waals surface area contributed by atoms with Gasteiger partial charge in [0.1, 0.15) is 0 Å². The molecule has 5 heteroatoms. The third-order valence-corrected chi connectivity index (χ3v) is 7.69. The van der Waals surface area contributed by atoms with Gasteiger partial charge in [0.25, 0.3) is 5.91 Å². The minimum Gasteiger partial charge on any atom is -0.338 e. The summed E-state index contributed by atoms with van der Waals surface area (Å²) >= 11 is 1.88. The van der Waals surface area contributed by atoms with E-state index in [4.69, 9.17) is 0 Å². The lowest BCUT2D eigenvalue weighted by atomic mass is 9.66. The van der Waals surface area contributed by atoms with Gasteiger partial charge < -0.3 is 4.90 Å². The predicted octanol–water partition coefficient (Wildman–Crippen LogP) is 4.01. The third kappa shape index (κ3) is 2.97. The van der Waals surface area contributed by atoms with Crippen LogP contribution >= 0.6 is 11.3 Å². The highest BCUT2D eigenvalue weighted by atomic mass is 32.1. The molecule has 0 aromatic carbocycles. The molecule has 2 aromatic heterocycles. The van der Waals surface area contributed by atoms with Crippen molar-refractivity contribution in [2.75, 3.05) is 27.2 Å². The van der Waals surface area contributed by atoms with Crippen LogP contribution in [-0.4, -0.2) is 47.9 Å². The van der Waals surface area contributed by atoms with Crippen LogP contribution in [0.5, 0.6) is 0 Å². The molecule has 1 aliphatic heterocycles. The topological polar surface area (TPSA) is 36.4 Å². The van der Waals surface area contributed by atoms with Crippen LogP contribution in [0.3, 0.4) is 0 Å². The molecule has 2 aromatic rings. The lowest BCUT2D eigenvalue weighted by Crippen LogP contribution is -2.47. The Labute approximate surface area is 159 Å². The Hall–Kier alpha value is -1.72. The molecule has 4 rings (SSSR count). The van der Waals surface area contributed by atoms with E-state index >= 15 is 0 Å². The molecule has 0 atom stereocenters. The van der Waals surface area contributed by atoms with E-state index in [2.05, 4.69) is 46.4 Å². The molecule has 0 radical (unpaired) electrons. The molecule has 3 heterocycles. The maximum absolute atomic E-state index is 12.8. The van der Waals surface area contributed by atoms with E-state index in [-0.39, 0.29) is 11.4 Å². The van der Waals surface area contributed by atoms with Gasteiger partial charge in [-0.3, -0.25) is 14.7 Å². The number of thiophene rings is 1. The zero-order chi connectivity index (χ0) is 18.2. The summed E-state index contributed by atoms with van der Waals surface area (Å²) in [4.78, 5) is 22.8. The Balaban J connectivity index is 1.47. The van der Waals surface area contributed by atoms with E-state index in [1.807, 2.05) is 23.5 Å². The van der Waals surface area contributed by atoms with Crippen LogP contribution < -0.4 is 0 Å². The van der Waals surface area contributed by atoms with Crippen LogP contribution in [0.1, 0.15) is 47.3 Å². The number of likely N-dealkylation sites (tertiary alicyclic amines) is 1. The van der Waals surface area contributed by atoms with Gasteiger partial charge in [-0.2, -0.15) is 0 Å². The number of aromatic nitrogens is 1. The van der Waals surface area contributed by atoms with E-state index in [9.17, 15) is 4.79 Å². The molecular formula is C21H27N3OS. The molecule has 0 unspecified atom stereocenters. The van der Waals surface area contributed by atoms with E-state index in [0.29, 0.717) is 5.41 Å². The maximum atomic E-state index is 12.8. The number of carbonyl (C=O) groups is 1. The third-order valence-electron chi connectivity index (χ3n) is 6.63. The molecule has 4 nitrogen and oxygen atoms in total. The van der Waals surface area contributed by atoms with E-state index in [1.54, 1.807) is 12.4 Å². The Morgan fingerprint density at radius 2 is 1.85 bits per heavy atom. The van der Waals surface area contributed by atoms with Crippen molar-refractivity contribution in [3.05, 3.63) is 52.5 Å². The maximum Gasteiger partial charge on any atom is 0.253 e. The van der Waals surface area contributed by atoms with E-state index < -0.39 is 0 Å². The summed E-state index contributed by atoms with van der Waals surface area (Å²) in [7, 11) is 4.43. The van der Waals surface area contributed by atoms with E-state index in [1.165, 1.54) is 30.6 Å². The second-order valence-corrected chi connectivity index (χ2v) is 9.06. The minimum atomic E-state index is 0.159. The molecule has 1 spiro atoms. The van der Waals surface area contributed by atoms with Crippen molar-refractivity contribution in [1.82, 2.24) is 14.8 Å². The number of carbonyl (C=O) groups excluding carboxylic acids is 1. The molecule has 2 fully saturated rings. The van der Waals surface area contributed by atoms with Crippen LogP contribution in [0, 0.1) is 5.41 Å². The minimum absolute atomic E-state index is 0.159. The second-order valence-electron chi connectivity index (χ2n) is 8.12. The number of amides is 1. The molecular weight excluding hydrogens is 342 g/mol. The first-order valence-corrected chi connectivity index (χ1v) is 10.3. The SMILES string of the molecule is CN(C)C1(c2cccs2)CCC2(CCN(C(=O)c3ccncc3)C2)CC1. The highest BCUT2D eigenvalue weighted by molar-refractivity contribution is 7.10. The van der Waals surface area contributed by atoms with Crippen molar-refractivity contribution < 1.29 is 4.79 Å². The highest BCUT2D eigenvalue weighted by Gasteiger charge is 2.48. The van der Waals surface area contributed by atoms with Gasteiger partial charge in [-0.25, -0.2) is 0 Å². The average Bonchev–Trinajstić information content (AvgIpc) is 3.34. The summed E-state index contributed by atoms with van der Waals surface area (Å²) in [6.07, 6.45) is 9.29. The molecule has 1 aliphatic carbocycles. The summed E-state index contributed by atoms with van der Waals surface area (Å²) in [5.74, 6) is 0.159. The largest absolute Gasteiger partial charge is 0.338 e. The van der Waals surface area contributed by atoms with Gasteiger partial charge in [-0.05, 0) is 75.2 Å². The van der Waals surface area contributed by atoms with Crippen molar-refractivity contribution >= 4 is 17.2 Å². The lowest BCUT2D eigenvalue weighted by molar-refractivity contribution is 0.0394. The zero-order valence-corrected chi connectivity index (χ0v) is 16.5. The smallest absolute Gasteiger partial charge is 0.253 e. The van der Waals surface area contributed by atoms with Crippen LogP contribution in [0.15, 0.2) is 42.0 Å². The van der Waals surface area contributed by atoms with Crippen LogP contribution in [0.2, 0.25) is 0 Å². The Bertz CT molecular complexity index is 749. The zero-order valence-electron chi connectivity index (χ0n) is 15.6. The molecule has 1 amide bonds. The molecule has 1 saturated carbocycles. The quantitative estimate of drug-likeness (QED) is 0.820. The summed E-state index contributed by atoms with van der Waals surface area (Å²) < 4.78 is 0. The fourth-order valence-corrected chi connectivity index (χ4v) is 5.91. The molecule has 1 saturated heterocycles. The van der Waals surface area contributed by atoms with Crippen molar-refractivity contribution in [2.24, 2.45) is 5.41 Å². The van der Waals surface area contributed by atoms with Crippen molar-refractivity contribution in [3.63, 3.8) is 0 Å². The first-order valence-electron chi connectivity index (χ1n) is 9.46. The van der Waals surface area contributed by atoms with Gasteiger partial charge in [-0.15, -0.1) is 11.3 Å². The fraction of sp³-hybridized carbons (Fsp3) is 0.524. The summed E-state index contributed by atoms with van der Waals surface area (Å²) in [5, 5.41) is 2.19. The van der Waals surface area contributed by atoms with Gasteiger partial charge in [0.15, 0.2) is 0 Å².